The minimum absolute atomic E-state index is 0.109. The average molecular weight is 463 g/mol. The first-order chi connectivity index (χ1) is 15.1. The van der Waals surface area contributed by atoms with Gasteiger partial charge in [0.05, 0.1) is 11.6 Å². The van der Waals surface area contributed by atoms with Gasteiger partial charge in [-0.05, 0) is 51.2 Å². The number of H-pyrrole nitrogens is 1. The number of hydrogen-bond acceptors (Lipinski definition) is 4. The van der Waals surface area contributed by atoms with Crippen LogP contribution in [0.4, 0.5) is 9.18 Å². The third-order valence-electron chi connectivity index (χ3n) is 5.99. The van der Waals surface area contributed by atoms with E-state index >= 15 is 0 Å². The molecule has 0 unspecified atom stereocenters. The number of amides is 2. The van der Waals surface area contributed by atoms with Crippen molar-refractivity contribution < 1.29 is 18.7 Å². The number of rotatable bonds is 2. The molecule has 1 aromatic heterocycles. The third-order valence-corrected chi connectivity index (χ3v) is 6.39. The summed E-state index contributed by atoms with van der Waals surface area (Å²) in [6.07, 6.45) is 1.60. The van der Waals surface area contributed by atoms with Crippen molar-refractivity contribution in [2.75, 3.05) is 19.6 Å². The zero-order chi connectivity index (χ0) is 23.0. The fourth-order valence-corrected chi connectivity index (χ4v) is 4.61. The molecule has 0 spiro atoms. The molecule has 172 valence electrons. The second-order valence-corrected chi connectivity index (χ2v) is 9.77. The molecule has 9 heteroatoms. The maximum absolute atomic E-state index is 13.8. The molecule has 1 fully saturated rings. The summed E-state index contributed by atoms with van der Waals surface area (Å²) in [7, 11) is 0. The Morgan fingerprint density at radius 1 is 1.19 bits per heavy atom. The van der Waals surface area contributed by atoms with E-state index in [-0.39, 0.29) is 23.4 Å². The Hall–Kier alpha value is -2.61. The zero-order valence-corrected chi connectivity index (χ0v) is 19.3. The zero-order valence-electron chi connectivity index (χ0n) is 18.6. The number of hydrogen-bond donors (Lipinski definition) is 1. The molecule has 3 heterocycles. The van der Waals surface area contributed by atoms with Crippen molar-refractivity contribution in [3.05, 3.63) is 51.6 Å². The summed E-state index contributed by atoms with van der Waals surface area (Å²) in [5, 5.41) is 7.41. The number of benzene rings is 1. The molecule has 2 aliphatic rings. The van der Waals surface area contributed by atoms with Crippen LogP contribution >= 0.6 is 11.6 Å². The summed E-state index contributed by atoms with van der Waals surface area (Å²) in [4.78, 5) is 29.1. The lowest BCUT2D eigenvalue weighted by atomic mass is 9.89. The molecule has 1 aromatic carbocycles. The van der Waals surface area contributed by atoms with Gasteiger partial charge in [-0.3, -0.25) is 9.89 Å². The van der Waals surface area contributed by atoms with Crippen LogP contribution < -0.4 is 0 Å². The molecule has 0 radical (unpaired) electrons. The van der Waals surface area contributed by atoms with Crippen LogP contribution in [0.2, 0.25) is 5.02 Å². The number of fused-ring (bicyclic) bond motifs is 1. The number of nitrogens with zero attached hydrogens (tertiary/aromatic N) is 3. The van der Waals surface area contributed by atoms with Gasteiger partial charge in [0.2, 0.25) is 0 Å². The molecule has 2 aliphatic heterocycles. The highest BCUT2D eigenvalue weighted by molar-refractivity contribution is 6.31. The number of nitrogens with one attached hydrogen (secondary N) is 1. The van der Waals surface area contributed by atoms with Gasteiger partial charge in [-0.1, -0.05) is 23.7 Å². The summed E-state index contributed by atoms with van der Waals surface area (Å²) in [5.41, 5.74) is 2.21. The number of ether oxygens (including phenoxy) is 1. The van der Waals surface area contributed by atoms with Crippen molar-refractivity contribution in [3.8, 4) is 0 Å². The molecular formula is C23H28ClFN4O3. The molecule has 1 N–H and O–H groups in total. The maximum atomic E-state index is 13.8. The first-order valence-electron chi connectivity index (χ1n) is 10.9. The molecule has 0 saturated carbocycles. The highest BCUT2D eigenvalue weighted by Gasteiger charge is 2.33. The second kappa shape index (κ2) is 8.73. The van der Waals surface area contributed by atoms with Crippen molar-refractivity contribution >= 4 is 23.6 Å². The van der Waals surface area contributed by atoms with Crippen LogP contribution in [0.3, 0.4) is 0 Å². The Balaban J connectivity index is 1.43. The molecule has 2 amide bonds. The minimum Gasteiger partial charge on any atom is -0.444 e. The van der Waals surface area contributed by atoms with E-state index < -0.39 is 17.5 Å². The summed E-state index contributed by atoms with van der Waals surface area (Å²) in [6, 6.07) is 4.87. The Labute approximate surface area is 191 Å². The summed E-state index contributed by atoms with van der Waals surface area (Å²) in [5.74, 6) is -0.462. The fourth-order valence-electron chi connectivity index (χ4n) is 4.33. The van der Waals surface area contributed by atoms with Gasteiger partial charge in [0.25, 0.3) is 5.91 Å². The van der Waals surface area contributed by atoms with Gasteiger partial charge in [-0.2, -0.15) is 5.10 Å². The maximum Gasteiger partial charge on any atom is 0.410 e. The van der Waals surface area contributed by atoms with Crippen molar-refractivity contribution in [1.82, 2.24) is 20.0 Å². The number of halogens is 2. The Bertz CT molecular complexity index is 1020. The lowest BCUT2D eigenvalue weighted by molar-refractivity contribution is 0.0221. The largest absolute Gasteiger partial charge is 0.444 e. The van der Waals surface area contributed by atoms with Gasteiger partial charge < -0.3 is 14.5 Å². The number of likely N-dealkylation sites (tertiary alicyclic amines) is 1. The molecule has 7 nitrogen and oxygen atoms in total. The van der Waals surface area contributed by atoms with Gasteiger partial charge >= 0.3 is 6.09 Å². The summed E-state index contributed by atoms with van der Waals surface area (Å²) in [6.45, 7) is 7.35. The molecule has 4 rings (SSSR count). The SMILES string of the molecule is CC(C)(C)OC(=O)N1CCc2[nH]nc(C(=O)N3CCC(c4cccc(F)c4Cl)CC3)c2C1. The van der Waals surface area contributed by atoms with E-state index in [9.17, 15) is 14.0 Å². The first kappa shape index (κ1) is 22.6. The summed E-state index contributed by atoms with van der Waals surface area (Å²) < 4.78 is 19.3. The first-order valence-corrected chi connectivity index (χ1v) is 11.3. The predicted octanol–water partition coefficient (Wildman–Crippen LogP) is 4.52. The van der Waals surface area contributed by atoms with Crippen LogP contribution in [0.5, 0.6) is 0 Å². The van der Waals surface area contributed by atoms with Gasteiger partial charge in [0.1, 0.15) is 11.4 Å². The molecule has 2 aromatic rings. The van der Waals surface area contributed by atoms with E-state index in [0.29, 0.717) is 44.6 Å². The number of carbonyl (C=O) groups is 2. The topological polar surface area (TPSA) is 78.5 Å². The van der Waals surface area contributed by atoms with Gasteiger partial charge in [-0.15, -0.1) is 0 Å². The molecule has 32 heavy (non-hydrogen) atoms. The number of piperidine rings is 1. The van der Waals surface area contributed by atoms with Crippen LogP contribution in [-0.2, 0) is 17.7 Å². The predicted molar refractivity (Wildman–Crippen MR) is 118 cm³/mol. The Morgan fingerprint density at radius 3 is 2.59 bits per heavy atom. The number of aromatic nitrogens is 2. The van der Waals surface area contributed by atoms with Gasteiger partial charge in [-0.25, -0.2) is 9.18 Å². The molecule has 1 saturated heterocycles. The lowest BCUT2D eigenvalue weighted by Gasteiger charge is -2.33. The van der Waals surface area contributed by atoms with Crippen molar-refractivity contribution in [3.63, 3.8) is 0 Å². The van der Waals surface area contributed by atoms with Gasteiger partial charge in [0, 0.05) is 37.3 Å². The number of carbonyl (C=O) groups excluding carboxylic acids is 2. The van der Waals surface area contributed by atoms with Gasteiger partial charge in [0.15, 0.2) is 5.69 Å². The van der Waals surface area contributed by atoms with E-state index in [1.807, 2.05) is 26.8 Å². The lowest BCUT2D eigenvalue weighted by Crippen LogP contribution is -2.41. The van der Waals surface area contributed by atoms with Crippen LogP contribution in [0.25, 0.3) is 0 Å². The van der Waals surface area contributed by atoms with Crippen LogP contribution in [-0.4, -0.2) is 57.2 Å². The van der Waals surface area contributed by atoms with E-state index in [1.54, 1.807) is 15.9 Å². The monoisotopic (exact) mass is 462 g/mol. The molecule has 0 bridgehead atoms. The average Bonchev–Trinajstić information content (AvgIpc) is 3.17. The van der Waals surface area contributed by atoms with Crippen LogP contribution in [0, 0.1) is 5.82 Å². The van der Waals surface area contributed by atoms with E-state index in [2.05, 4.69) is 10.2 Å². The number of aromatic amines is 1. The Kier molecular flexibility index (Phi) is 6.16. The van der Waals surface area contributed by atoms with E-state index in [1.165, 1.54) is 6.07 Å². The molecule has 0 atom stereocenters. The second-order valence-electron chi connectivity index (χ2n) is 9.39. The standard InChI is InChI=1S/C23H28ClFN4O3/c1-23(2,3)32-22(31)29-12-9-18-16(13-29)20(27-26-18)21(30)28-10-7-14(8-11-28)15-5-4-6-17(25)19(15)24/h4-6,14H,7-13H2,1-3H3,(H,26,27). The fraction of sp³-hybridized carbons (Fsp3) is 0.522. The highest BCUT2D eigenvalue weighted by Crippen LogP contribution is 2.34. The minimum atomic E-state index is -0.582. The normalized spacial score (nSPS) is 17.3. The smallest absolute Gasteiger partial charge is 0.410 e. The molecule has 0 aliphatic carbocycles. The third kappa shape index (κ3) is 4.60. The van der Waals surface area contributed by atoms with Crippen LogP contribution in [0.15, 0.2) is 18.2 Å². The Morgan fingerprint density at radius 2 is 1.91 bits per heavy atom. The quantitative estimate of drug-likeness (QED) is 0.712. The van der Waals surface area contributed by atoms with Crippen molar-refractivity contribution in [2.24, 2.45) is 0 Å². The highest BCUT2D eigenvalue weighted by atomic mass is 35.5. The van der Waals surface area contributed by atoms with Crippen molar-refractivity contribution in [2.45, 2.75) is 58.1 Å². The van der Waals surface area contributed by atoms with Crippen molar-refractivity contribution in [1.29, 1.82) is 0 Å². The summed E-state index contributed by atoms with van der Waals surface area (Å²) >= 11 is 6.15. The van der Waals surface area contributed by atoms with E-state index in [0.717, 1.165) is 16.8 Å². The van der Waals surface area contributed by atoms with Crippen LogP contribution in [0.1, 0.15) is 66.8 Å². The molecular weight excluding hydrogens is 435 g/mol. The van der Waals surface area contributed by atoms with E-state index in [4.69, 9.17) is 16.3 Å².